The van der Waals surface area contributed by atoms with Gasteiger partial charge in [0.05, 0.1) is 0 Å². The molecule has 2 N–H and O–H groups in total. The van der Waals surface area contributed by atoms with Gasteiger partial charge in [-0.05, 0) is 41.1 Å². The number of thiophene rings is 1. The van der Waals surface area contributed by atoms with Crippen molar-refractivity contribution >= 4 is 27.3 Å². The summed E-state index contributed by atoms with van der Waals surface area (Å²) in [6, 6.07) is 10.2. The van der Waals surface area contributed by atoms with Gasteiger partial charge in [0.15, 0.2) is 0 Å². The number of nitrogens with two attached hydrogens (primary N) is 1. The zero-order chi connectivity index (χ0) is 13.8. The van der Waals surface area contributed by atoms with Crippen LogP contribution < -0.4 is 10.5 Å². The summed E-state index contributed by atoms with van der Waals surface area (Å²) in [5.41, 5.74) is 7.04. The SMILES string of the molecule is CC(C)c1cc(Br)ccc1OC(CN)c1cccs1. The normalized spacial score (nSPS) is 12.7. The van der Waals surface area contributed by atoms with Gasteiger partial charge in [-0.1, -0.05) is 35.8 Å². The molecule has 0 fully saturated rings. The van der Waals surface area contributed by atoms with Crippen LogP contribution in [0.2, 0.25) is 0 Å². The molecule has 0 aliphatic heterocycles. The fourth-order valence-corrected chi connectivity index (χ4v) is 3.07. The molecule has 2 nitrogen and oxygen atoms in total. The van der Waals surface area contributed by atoms with Crippen molar-refractivity contribution in [1.82, 2.24) is 0 Å². The lowest BCUT2D eigenvalue weighted by molar-refractivity contribution is 0.215. The van der Waals surface area contributed by atoms with Crippen molar-refractivity contribution < 1.29 is 4.74 Å². The first-order valence-electron chi connectivity index (χ1n) is 6.31. The van der Waals surface area contributed by atoms with E-state index in [4.69, 9.17) is 10.5 Å². The maximum Gasteiger partial charge on any atom is 0.145 e. The van der Waals surface area contributed by atoms with Gasteiger partial charge in [0.2, 0.25) is 0 Å². The van der Waals surface area contributed by atoms with Crippen molar-refractivity contribution in [2.24, 2.45) is 5.73 Å². The Morgan fingerprint density at radius 1 is 1.32 bits per heavy atom. The average molecular weight is 340 g/mol. The van der Waals surface area contributed by atoms with Crippen LogP contribution in [0.4, 0.5) is 0 Å². The lowest BCUT2D eigenvalue weighted by Gasteiger charge is -2.20. The first-order chi connectivity index (χ1) is 9.11. The smallest absolute Gasteiger partial charge is 0.145 e. The Morgan fingerprint density at radius 3 is 2.68 bits per heavy atom. The number of hydrogen-bond acceptors (Lipinski definition) is 3. The van der Waals surface area contributed by atoms with Crippen LogP contribution in [-0.2, 0) is 0 Å². The van der Waals surface area contributed by atoms with E-state index >= 15 is 0 Å². The number of benzene rings is 1. The monoisotopic (exact) mass is 339 g/mol. The molecular formula is C15H18BrNOS. The summed E-state index contributed by atoms with van der Waals surface area (Å²) in [6.07, 6.45) is -0.0707. The Kier molecular flexibility index (Phi) is 5.02. The second-order valence-corrected chi connectivity index (χ2v) is 6.59. The molecule has 2 rings (SSSR count). The van der Waals surface area contributed by atoms with Crippen LogP contribution in [0.3, 0.4) is 0 Å². The Hall–Kier alpha value is -0.840. The van der Waals surface area contributed by atoms with E-state index < -0.39 is 0 Å². The van der Waals surface area contributed by atoms with E-state index in [1.54, 1.807) is 11.3 Å². The predicted molar refractivity (Wildman–Crippen MR) is 85.0 cm³/mol. The van der Waals surface area contributed by atoms with E-state index in [9.17, 15) is 0 Å². The third kappa shape index (κ3) is 3.59. The number of hydrogen-bond donors (Lipinski definition) is 1. The molecule has 1 aromatic heterocycles. The summed E-state index contributed by atoms with van der Waals surface area (Å²) in [7, 11) is 0. The fraction of sp³-hybridized carbons (Fsp3) is 0.333. The molecule has 4 heteroatoms. The molecule has 1 unspecified atom stereocenters. The highest BCUT2D eigenvalue weighted by Crippen LogP contribution is 2.33. The van der Waals surface area contributed by atoms with Gasteiger partial charge in [-0.3, -0.25) is 0 Å². The molecule has 1 aromatic carbocycles. The highest BCUT2D eigenvalue weighted by atomic mass is 79.9. The highest BCUT2D eigenvalue weighted by molar-refractivity contribution is 9.10. The Bertz CT molecular complexity index is 525. The minimum Gasteiger partial charge on any atom is -0.483 e. The standard InChI is InChI=1S/C15H18BrNOS/c1-10(2)12-8-11(16)5-6-13(12)18-14(9-17)15-4-3-7-19-15/h3-8,10,14H,9,17H2,1-2H3. The van der Waals surface area contributed by atoms with Crippen LogP contribution in [0.5, 0.6) is 5.75 Å². The van der Waals surface area contributed by atoms with Gasteiger partial charge in [-0.2, -0.15) is 0 Å². The van der Waals surface area contributed by atoms with Gasteiger partial charge in [0, 0.05) is 15.9 Å². The quantitative estimate of drug-likeness (QED) is 0.855. The molecule has 19 heavy (non-hydrogen) atoms. The molecule has 0 aliphatic carbocycles. The third-order valence-corrected chi connectivity index (χ3v) is 4.40. The molecule has 0 aliphatic rings. The first kappa shape index (κ1) is 14.6. The van der Waals surface area contributed by atoms with Gasteiger partial charge < -0.3 is 10.5 Å². The topological polar surface area (TPSA) is 35.2 Å². The number of rotatable bonds is 5. The fourth-order valence-electron chi connectivity index (χ4n) is 1.93. The van der Waals surface area contributed by atoms with E-state index in [2.05, 4.69) is 41.9 Å². The van der Waals surface area contributed by atoms with E-state index in [0.29, 0.717) is 12.5 Å². The van der Waals surface area contributed by atoms with Crippen molar-refractivity contribution in [2.45, 2.75) is 25.9 Å². The number of halogens is 1. The van der Waals surface area contributed by atoms with Crippen molar-refractivity contribution in [3.05, 3.63) is 50.6 Å². The minimum absolute atomic E-state index is 0.0707. The van der Waals surface area contributed by atoms with E-state index in [0.717, 1.165) is 10.2 Å². The molecule has 0 saturated heterocycles. The molecule has 0 saturated carbocycles. The summed E-state index contributed by atoms with van der Waals surface area (Å²) < 4.78 is 7.19. The van der Waals surface area contributed by atoms with Gasteiger partial charge >= 0.3 is 0 Å². The van der Waals surface area contributed by atoms with Crippen molar-refractivity contribution in [3.8, 4) is 5.75 Å². The molecule has 0 amide bonds. The van der Waals surface area contributed by atoms with Crippen molar-refractivity contribution in [2.75, 3.05) is 6.54 Å². The van der Waals surface area contributed by atoms with E-state index in [-0.39, 0.29) is 6.10 Å². The van der Waals surface area contributed by atoms with Gasteiger partial charge in [-0.15, -0.1) is 11.3 Å². The Labute approximate surface area is 126 Å². The molecule has 2 aromatic rings. The molecule has 1 atom stereocenters. The molecule has 0 radical (unpaired) electrons. The molecule has 0 spiro atoms. The van der Waals surface area contributed by atoms with E-state index in [1.807, 2.05) is 23.6 Å². The lowest BCUT2D eigenvalue weighted by Crippen LogP contribution is -2.18. The van der Waals surface area contributed by atoms with Gasteiger partial charge in [0.1, 0.15) is 11.9 Å². The summed E-state index contributed by atoms with van der Waals surface area (Å²) >= 11 is 5.19. The van der Waals surface area contributed by atoms with Crippen LogP contribution in [-0.4, -0.2) is 6.54 Å². The third-order valence-electron chi connectivity index (χ3n) is 2.94. The second kappa shape index (κ2) is 6.55. The summed E-state index contributed by atoms with van der Waals surface area (Å²) in [5, 5.41) is 2.05. The minimum atomic E-state index is -0.0707. The average Bonchev–Trinajstić information content (AvgIpc) is 2.90. The zero-order valence-corrected chi connectivity index (χ0v) is 13.5. The van der Waals surface area contributed by atoms with Crippen LogP contribution >= 0.6 is 27.3 Å². The molecule has 1 heterocycles. The second-order valence-electron chi connectivity index (χ2n) is 4.69. The Balaban J connectivity index is 2.27. The van der Waals surface area contributed by atoms with Gasteiger partial charge in [-0.25, -0.2) is 0 Å². The molecular weight excluding hydrogens is 322 g/mol. The lowest BCUT2D eigenvalue weighted by atomic mass is 10.0. The van der Waals surface area contributed by atoms with Gasteiger partial charge in [0.25, 0.3) is 0 Å². The maximum absolute atomic E-state index is 6.12. The van der Waals surface area contributed by atoms with Crippen molar-refractivity contribution in [3.63, 3.8) is 0 Å². The number of ether oxygens (including phenoxy) is 1. The Morgan fingerprint density at radius 2 is 2.11 bits per heavy atom. The van der Waals surface area contributed by atoms with Crippen LogP contribution in [0.25, 0.3) is 0 Å². The molecule has 102 valence electrons. The highest BCUT2D eigenvalue weighted by Gasteiger charge is 2.16. The van der Waals surface area contributed by atoms with Crippen LogP contribution in [0.1, 0.15) is 36.3 Å². The van der Waals surface area contributed by atoms with Crippen molar-refractivity contribution in [1.29, 1.82) is 0 Å². The van der Waals surface area contributed by atoms with Crippen LogP contribution in [0.15, 0.2) is 40.2 Å². The summed E-state index contributed by atoms with van der Waals surface area (Å²) in [6.45, 7) is 4.81. The zero-order valence-electron chi connectivity index (χ0n) is 11.1. The summed E-state index contributed by atoms with van der Waals surface area (Å²) in [5.74, 6) is 1.33. The molecule has 0 bridgehead atoms. The maximum atomic E-state index is 6.12. The largest absolute Gasteiger partial charge is 0.483 e. The van der Waals surface area contributed by atoms with Crippen LogP contribution in [0, 0.1) is 0 Å². The summed E-state index contributed by atoms with van der Waals surface area (Å²) in [4.78, 5) is 1.17. The van der Waals surface area contributed by atoms with E-state index in [1.165, 1.54) is 10.4 Å². The first-order valence-corrected chi connectivity index (χ1v) is 7.98. The predicted octanol–water partition coefficient (Wildman–Crippen LogP) is 4.71.